The van der Waals surface area contributed by atoms with Gasteiger partial charge in [-0.25, -0.2) is 0 Å². The highest BCUT2D eigenvalue weighted by Crippen LogP contribution is 2.29. The summed E-state index contributed by atoms with van der Waals surface area (Å²) in [6.45, 7) is 4.98. The summed E-state index contributed by atoms with van der Waals surface area (Å²) in [4.78, 5) is 16.7. The van der Waals surface area contributed by atoms with Crippen molar-refractivity contribution in [3.8, 4) is 0 Å². The van der Waals surface area contributed by atoms with Gasteiger partial charge in [-0.1, -0.05) is 48.9 Å². The first-order valence-corrected chi connectivity index (χ1v) is 10.6. The van der Waals surface area contributed by atoms with Gasteiger partial charge in [0.25, 0.3) is 5.91 Å². The van der Waals surface area contributed by atoms with Crippen molar-refractivity contribution >= 4 is 23.2 Å². The lowest BCUT2D eigenvalue weighted by molar-refractivity contribution is 0.0954. The maximum absolute atomic E-state index is 12.2. The van der Waals surface area contributed by atoms with Crippen LogP contribution in [-0.4, -0.2) is 55.2 Å². The fourth-order valence-electron chi connectivity index (χ4n) is 3.78. The Labute approximate surface area is 178 Å². The molecule has 0 unspecified atom stereocenters. The van der Waals surface area contributed by atoms with E-state index in [1.54, 1.807) is 6.07 Å². The summed E-state index contributed by atoms with van der Waals surface area (Å²) in [5.41, 5.74) is 2.69. The monoisotopic (exact) mass is 415 g/mol. The van der Waals surface area contributed by atoms with Crippen LogP contribution >= 0.6 is 11.6 Å². The number of amides is 1. The zero-order chi connectivity index (χ0) is 20.8. The van der Waals surface area contributed by atoms with E-state index in [2.05, 4.69) is 39.4 Å². The first-order valence-electron chi connectivity index (χ1n) is 10.3. The number of β-amino-alcohol motifs (C(OH)–C–C–N with tert-alkyl or cyclic N) is 1. The quantitative estimate of drug-likeness (QED) is 0.689. The van der Waals surface area contributed by atoms with Crippen LogP contribution in [0.15, 0.2) is 48.5 Å². The molecule has 1 saturated heterocycles. The number of rotatable bonds is 8. The van der Waals surface area contributed by atoms with E-state index in [0.717, 1.165) is 31.6 Å². The van der Waals surface area contributed by atoms with E-state index in [-0.39, 0.29) is 18.1 Å². The van der Waals surface area contributed by atoms with Crippen LogP contribution in [0.1, 0.15) is 41.7 Å². The summed E-state index contributed by atoms with van der Waals surface area (Å²) in [5.74, 6) is -0.140. The van der Waals surface area contributed by atoms with Crippen molar-refractivity contribution in [2.75, 3.05) is 38.1 Å². The van der Waals surface area contributed by atoms with Crippen LogP contribution < -0.4 is 10.2 Å². The molecule has 1 aliphatic rings. The van der Waals surface area contributed by atoms with Gasteiger partial charge in [0.1, 0.15) is 0 Å². The minimum Gasteiger partial charge on any atom is -0.392 e. The van der Waals surface area contributed by atoms with Gasteiger partial charge in [0.2, 0.25) is 0 Å². The van der Waals surface area contributed by atoms with Gasteiger partial charge in [0.05, 0.1) is 22.7 Å². The smallest absolute Gasteiger partial charge is 0.252 e. The molecule has 0 aromatic heterocycles. The number of aliphatic hydroxyl groups is 1. The Morgan fingerprint density at radius 2 is 2.07 bits per heavy atom. The summed E-state index contributed by atoms with van der Waals surface area (Å²) in [6.07, 6.45) is 1.43. The maximum atomic E-state index is 12.2. The fraction of sp³-hybridized carbons (Fsp3) is 0.435. The van der Waals surface area contributed by atoms with Gasteiger partial charge in [0, 0.05) is 38.9 Å². The number of carbonyl (C=O) groups is 1. The molecule has 3 rings (SSSR count). The number of likely N-dealkylation sites (tertiary alicyclic amines) is 1. The van der Waals surface area contributed by atoms with Crippen molar-refractivity contribution in [3.05, 3.63) is 64.7 Å². The molecule has 1 amide bonds. The second kappa shape index (κ2) is 10.1. The van der Waals surface area contributed by atoms with E-state index in [1.807, 2.05) is 32.2 Å². The molecule has 0 spiro atoms. The third-order valence-electron chi connectivity index (χ3n) is 5.44. The zero-order valence-corrected chi connectivity index (χ0v) is 17.9. The van der Waals surface area contributed by atoms with Crippen molar-refractivity contribution in [1.82, 2.24) is 10.2 Å². The Kier molecular flexibility index (Phi) is 7.53. The summed E-state index contributed by atoms with van der Waals surface area (Å²) < 4.78 is 0. The molecule has 6 heteroatoms. The number of hydrogen-bond donors (Lipinski definition) is 2. The maximum Gasteiger partial charge on any atom is 0.252 e. The SMILES string of the molecule is CCCNC(=O)c1ccc(N(C)C[C@@H](c2ccccc2)N2CC[C@H](O)C2)cc1Cl. The number of hydrogen-bond acceptors (Lipinski definition) is 4. The molecule has 1 fully saturated rings. The van der Waals surface area contributed by atoms with Gasteiger partial charge < -0.3 is 15.3 Å². The Morgan fingerprint density at radius 1 is 1.31 bits per heavy atom. The van der Waals surface area contributed by atoms with Gasteiger partial charge in [-0.3, -0.25) is 9.69 Å². The second-order valence-corrected chi connectivity index (χ2v) is 8.07. The lowest BCUT2D eigenvalue weighted by Gasteiger charge is -2.33. The Balaban J connectivity index is 1.76. The van der Waals surface area contributed by atoms with E-state index in [1.165, 1.54) is 5.56 Å². The fourth-order valence-corrected chi connectivity index (χ4v) is 4.04. The second-order valence-electron chi connectivity index (χ2n) is 7.66. The van der Waals surface area contributed by atoms with E-state index >= 15 is 0 Å². The molecule has 5 nitrogen and oxygen atoms in total. The molecule has 0 radical (unpaired) electrons. The van der Waals surface area contributed by atoms with Crippen LogP contribution in [0.5, 0.6) is 0 Å². The zero-order valence-electron chi connectivity index (χ0n) is 17.1. The summed E-state index contributed by atoms with van der Waals surface area (Å²) in [7, 11) is 2.03. The van der Waals surface area contributed by atoms with Crippen LogP contribution in [0, 0.1) is 0 Å². The Morgan fingerprint density at radius 3 is 2.69 bits per heavy atom. The molecule has 2 N–H and O–H groups in total. The number of likely N-dealkylation sites (N-methyl/N-ethyl adjacent to an activating group) is 1. The van der Waals surface area contributed by atoms with Crippen LogP contribution in [-0.2, 0) is 0 Å². The number of aliphatic hydroxyl groups excluding tert-OH is 1. The highest BCUT2D eigenvalue weighted by molar-refractivity contribution is 6.34. The van der Waals surface area contributed by atoms with Crippen LogP contribution in [0.4, 0.5) is 5.69 Å². The molecule has 0 bridgehead atoms. The van der Waals surface area contributed by atoms with Crippen LogP contribution in [0.25, 0.3) is 0 Å². The minimum absolute atomic E-state index is 0.140. The van der Waals surface area contributed by atoms with Gasteiger partial charge in [-0.05, 0) is 36.6 Å². The van der Waals surface area contributed by atoms with Crippen molar-refractivity contribution in [3.63, 3.8) is 0 Å². The first kappa shape index (κ1) is 21.6. The number of anilines is 1. The average Bonchev–Trinajstić information content (AvgIpc) is 3.16. The molecule has 2 aromatic rings. The average molecular weight is 416 g/mol. The third kappa shape index (κ3) is 5.50. The molecule has 2 atom stereocenters. The van der Waals surface area contributed by atoms with Gasteiger partial charge in [0.15, 0.2) is 0 Å². The highest BCUT2D eigenvalue weighted by atomic mass is 35.5. The molecule has 156 valence electrons. The lowest BCUT2D eigenvalue weighted by atomic mass is 10.0. The molecular formula is C23H30ClN3O2. The number of benzene rings is 2. The standard InChI is InChI=1S/C23H30ClN3O2/c1-3-12-25-23(29)20-10-9-18(14-21(20)24)26(2)16-22(17-7-5-4-6-8-17)27-13-11-19(28)15-27/h4-10,14,19,22,28H,3,11-13,15-16H2,1-2H3,(H,25,29)/t19-,22-/m0/s1. The van der Waals surface area contributed by atoms with Gasteiger partial charge >= 0.3 is 0 Å². The summed E-state index contributed by atoms with van der Waals surface area (Å²) >= 11 is 6.42. The molecular weight excluding hydrogens is 386 g/mol. The van der Waals surface area contributed by atoms with E-state index < -0.39 is 0 Å². The Bertz CT molecular complexity index is 815. The number of nitrogens with zero attached hydrogens (tertiary/aromatic N) is 2. The molecule has 29 heavy (non-hydrogen) atoms. The predicted molar refractivity (Wildman–Crippen MR) is 119 cm³/mol. The van der Waals surface area contributed by atoms with E-state index in [0.29, 0.717) is 23.7 Å². The highest BCUT2D eigenvalue weighted by Gasteiger charge is 2.29. The number of halogens is 1. The van der Waals surface area contributed by atoms with Crippen molar-refractivity contribution in [2.24, 2.45) is 0 Å². The number of carbonyl (C=O) groups excluding carboxylic acids is 1. The van der Waals surface area contributed by atoms with Crippen molar-refractivity contribution in [2.45, 2.75) is 31.9 Å². The Hall–Kier alpha value is -2.08. The molecule has 1 heterocycles. The van der Waals surface area contributed by atoms with Gasteiger partial charge in [-0.2, -0.15) is 0 Å². The lowest BCUT2D eigenvalue weighted by Crippen LogP contribution is -2.36. The summed E-state index contributed by atoms with van der Waals surface area (Å²) in [5, 5.41) is 13.3. The normalized spacial score (nSPS) is 17.9. The molecule has 0 saturated carbocycles. The van der Waals surface area contributed by atoms with Crippen LogP contribution in [0.3, 0.4) is 0 Å². The summed E-state index contributed by atoms with van der Waals surface area (Å²) in [6, 6.07) is 16.1. The topological polar surface area (TPSA) is 55.8 Å². The van der Waals surface area contributed by atoms with Gasteiger partial charge in [-0.15, -0.1) is 0 Å². The number of nitrogens with one attached hydrogen (secondary N) is 1. The van der Waals surface area contributed by atoms with Crippen molar-refractivity contribution < 1.29 is 9.90 Å². The van der Waals surface area contributed by atoms with E-state index in [9.17, 15) is 9.90 Å². The minimum atomic E-state index is -0.262. The molecule has 0 aliphatic carbocycles. The first-order chi connectivity index (χ1) is 14.0. The third-order valence-corrected chi connectivity index (χ3v) is 5.75. The predicted octanol–water partition coefficient (Wildman–Crippen LogP) is 3.72. The largest absolute Gasteiger partial charge is 0.392 e. The van der Waals surface area contributed by atoms with E-state index in [4.69, 9.17) is 11.6 Å². The molecule has 1 aliphatic heterocycles. The van der Waals surface area contributed by atoms with Crippen LogP contribution in [0.2, 0.25) is 5.02 Å². The molecule has 2 aromatic carbocycles. The van der Waals surface area contributed by atoms with Crippen molar-refractivity contribution in [1.29, 1.82) is 0 Å².